The molecular weight excluding hydrogens is 196 g/mol. The Morgan fingerprint density at radius 3 is 2.40 bits per heavy atom. The van der Waals surface area contributed by atoms with Crippen molar-refractivity contribution in [1.29, 1.82) is 0 Å². The first-order valence-electron chi connectivity index (χ1n) is 4.62. The van der Waals surface area contributed by atoms with E-state index in [1.165, 1.54) is 32.1 Å². The molecule has 1 aromatic heterocycles. The van der Waals surface area contributed by atoms with Crippen molar-refractivity contribution in [3.8, 4) is 0 Å². The van der Waals surface area contributed by atoms with Gasteiger partial charge in [-0.05, 0) is 32.1 Å². The quantitative estimate of drug-likeness (QED) is 0.557. The van der Waals surface area contributed by atoms with E-state index >= 15 is 0 Å². The molecule has 4 heteroatoms. The van der Waals surface area contributed by atoms with E-state index in [1.54, 1.807) is 6.07 Å². The summed E-state index contributed by atoms with van der Waals surface area (Å²) in [6, 6.07) is 2.83. The van der Waals surface area contributed by atoms with Crippen molar-refractivity contribution in [2.24, 2.45) is 0 Å². The molecule has 1 aromatic rings. The molecule has 0 saturated heterocycles. The van der Waals surface area contributed by atoms with E-state index < -0.39 is 16.8 Å². The summed E-state index contributed by atoms with van der Waals surface area (Å²) < 4.78 is 4.92. The van der Waals surface area contributed by atoms with Crippen molar-refractivity contribution in [2.75, 3.05) is 0 Å². The molecule has 0 fully saturated rings. The highest BCUT2D eigenvalue weighted by Gasteiger charge is 2.40. The monoisotopic (exact) mass is 208 g/mol. The van der Waals surface area contributed by atoms with Crippen molar-refractivity contribution in [1.82, 2.24) is 0 Å². The lowest BCUT2D eigenvalue weighted by Crippen LogP contribution is -2.53. The van der Waals surface area contributed by atoms with E-state index in [0.29, 0.717) is 10.6 Å². The molecule has 2 rings (SSSR count). The Morgan fingerprint density at radius 1 is 1.13 bits per heavy atom. The van der Waals surface area contributed by atoms with Crippen molar-refractivity contribution >= 4 is 12.2 Å². The Balaban J connectivity index is 2.85. The van der Waals surface area contributed by atoms with Gasteiger partial charge in [-0.1, -0.05) is 0 Å². The summed E-state index contributed by atoms with van der Waals surface area (Å²) in [7, 11) is 0. The zero-order valence-electron chi connectivity index (χ0n) is 8.52. The standard InChI is InChI=1S/C11H12O4/c1-10(13)5-7-3-4-9(12)15-8(7)6-11(10,2)14/h3-6,13-14H,1-2H3. The molecule has 0 radical (unpaired) electrons. The smallest absolute Gasteiger partial charge is 0.336 e. The maximum absolute atomic E-state index is 11.0. The second-order valence-corrected chi connectivity index (χ2v) is 4.16. The zero-order chi connectivity index (χ0) is 11.3. The highest BCUT2D eigenvalue weighted by Crippen LogP contribution is 2.25. The third-order valence-electron chi connectivity index (χ3n) is 2.77. The van der Waals surface area contributed by atoms with Gasteiger partial charge in [0, 0.05) is 11.3 Å². The Hall–Kier alpha value is -1.39. The second kappa shape index (κ2) is 2.81. The Bertz CT molecular complexity index is 563. The van der Waals surface area contributed by atoms with Crippen LogP contribution in [0.1, 0.15) is 13.8 Å². The molecule has 2 N–H and O–H groups in total. The van der Waals surface area contributed by atoms with Crippen LogP contribution in [0.4, 0.5) is 0 Å². The summed E-state index contributed by atoms with van der Waals surface area (Å²) >= 11 is 0. The minimum atomic E-state index is -1.45. The van der Waals surface area contributed by atoms with Gasteiger partial charge in [0.05, 0.1) is 0 Å². The molecule has 0 saturated carbocycles. The molecule has 1 aliphatic carbocycles. The Labute approximate surface area is 85.8 Å². The topological polar surface area (TPSA) is 70.7 Å². The normalized spacial score (nSPS) is 33.9. The molecule has 0 spiro atoms. The number of fused-ring (bicyclic) bond motifs is 1. The summed E-state index contributed by atoms with van der Waals surface area (Å²) in [6.07, 6.45) is 2.83. The molecule has 0 bridgehead atoms. The average Bonchev–Trinajstić information content (AvgIpc) is 2.07. The van der Waals surface area contributed by atoms with E-state index in [1.807, 2.05) is 0 Å². The van der Waals surface area contributed by atoms with Crippen LogP contribution in [0.15, 0.2) is 21.3 Å². The van der Waals surface area contributed by atoms with Crippen LogP contribution in [-0.4, -0.2) is 21.4 Å². The van der Waals surface area contributed by atoms with Crippen LogP contribution in [0.5, 0.6) is 0 Å². The van der Waals surface area contributed by atoms with Gasteiger partial charge in [0.1, 0.15) is 16.6 Å². The molecule has 2 atom stereocenters. The van der Waals surface area contributed by atoms with E-state index in [-0.39, 0.29) is 0 Å². The molecule has 0 aromatic carbocycles. The van der Waals surface area contributed by atoms with Crippen LogP contribution in [0.3, 0.4) is 0 Å². The van der Waals surface area contributed by atoms with E-state index in [0.717, 1.165) is 0 Å². The fourth-order valence-electron chi connectivity index (χ4n) is 1.52. The molecule has 4 nitrogen and oxygen atoms in total. The highest BCUT2D eigenvalue weighted by molar-refractivity contribution is 5.52. The lowest BCUT2D eigenvalue weighted by Gasteiger charge is -2.35. The number of hydrogen-bond donors (Lipinski definition) is 2. The summed E-state index contributed by atoms with van der Waals surface area (Å²) in [6.45, 7) is 2.96. The lowest BCUT2D eigenvalue weighted by molar-refractivity contribution is -0.0491. The van der Waals surface area contributed by atoms with Gasteiger partial charge in [0.2, 0.25) is 0 Å². The molecule has 80 valence electrons. The minimum Gasteiger partial charge on any atom is -0.423 e. The fraction of sp³-hybridized carbons (Fsp3) is 0.364. The maximum atomic E-state index is 11.0. The summed E-state index contributed by atoms with van der Waals surface area (Å²) in [5, 5.41) is 20.5. The largest absolute Gasteiger partial charge is 0.423 e. The molecule has 1 heterocycles. The lowest BCUT2D eigenvalue weighted by atomic mass is 9.82. The van der Waals surface area contributed by atoms with Crippen LogP contribution < -0.4 is 16.3 Å². The molecular formula is C11H12O4. The van der Waals surface area contributed by atoms with Crippen LogP contribution in [0, 0.1) is 0 Å². The first-order valence-corrected chi connectivity index (χ1v) is 4.62. The predicted octanol–water partition coefficient (Wildman–Crippen LogP) is -1.28. The van der Waals surface area contributed by atoms with Crippen LogP contribution in [0.25, 0.3) is 12.2 Å². The van der Waals surface area contributed by atoms with Gasteiger partial charge in [-0.25, -0.2) is 4.79 Å². The SMILES string of the molecule is CC1(O)C=c2ccc(=O)oc2=CC1(C)O. The molecule has 2 unspecified atom stereocenters. The number of rotatable bonds is 0. The Morgan fingerprint density at radius 2 is 1.73 bits per heavy atom. The van der Waals surface area contributed by atoms with Gasteiger partial charge in [0.25, 0.3) is 0 Å². The average molecular weight is 208 g/mol. The van der Waals surface area contributed by atoms with E-state index in [4.69, 9.17) is 4.42 Å². The first-order chi connectivity index (χ1) is 6.82. The number of hydrogen-bond acceptors (Lipinski definition) is 4. The molecule has 15 heavy (non-hydrogen) atoms. The summed E-state index contributed by atoms with van der Waals surface area (Å²) in [5.74, 6) is 0. The fourth-order valence-corrected chi connectivity index (χ4v) is 1.52. The second-order valence-electron chi connectivity index (χ2n) is 4.16. The van der Waals surface area contributed by atoms with E-state index in [9.17, 15) is 15.0 Å². The van der Waals surface area contributed by atoms with Crippen molar-refractivity contribution in [3.63, 3.8) is 0 Å². The Kier molecular flexibility index (Phi) is 1.90. The zero-order valence-corrected chi connectivity index (χ0v) is 8.52. The van der Waals surface area contributed by atoms with Gasteiger partial charge in [-0.2, -0.15) is 0 Å². The molecule has 0 amide bonds. The van der Waals surface area contributed by atoms with Crippen LogP contribution in [0.2, 0.25) is 0 Å². The van der Waals surface area contributed by atoms with Crippen molar-refractivity contribution in [3.05, 3.63) is 33.2 Å². The summed E-state index contributed by atoms with van der Waals surface area (Å²) in [4.78, 5) is 11.0. The highest BCUT2D eigenvalue weighted by atomic mass is 16.4. The van der Waals surface area contributed by atoms with Gasteiger partial charge in [-0.3, -0.25) is 0 Å². The van der Waals surface area contributed by atoms with Gasteiger partial charge < -0.3 is 14.6 Å². The van der Waals surface area contributed by atoms with Gasteiger partial charge in [-0.15, -0.1) is 0 Å². The van der Waals surface area contributed by atoms with Crippen molar-refractivity contribution in [2.45, 2.75) is 25.0 Å². The summed E-state index contributed by atoms with van der Waals surface area (Å²) in [5.41, 5.74) is -3.01. The number of aliphatic hydroxyl groups is 2. The predicted molar refractivity (Wildman–Crippen MR) is 54.4 cm³/mol. The third kappa shape index (κ3) is 1.52. The van der Waals surface area contributed by atoms with Crippen LogP contribution in [-0.2, 0) is 0 Å². The molecule has 0 aliphatic heterocycles. The first kappa shape index (κ1) is 10.1. The van der Waals surface area contributed by atoms with Gasteiger partial charge in [0.15, 0.2) is 0 Å². The van der Waals surface area contributed by atoms with E-state index in [2.05, 4.69) is 0 Å². The van der Waals surface area contributed by atoms with Crippen molar-refractivity contribution < 1.29 is 14.6 Å². The van der Waals surface area contributed by atoms with Gasteiger partial charge >= 0.3 is 5.63 Å². The molecule has 1 aliphatic rings. The minimum absolute atomic E-state index is 0.291. The van der Waals surface area contributed by atoms with Crippen LogP contribution >= 0.6 is 0 Å². The third-order valence-corrected chi connectivity index (χ3v) is 2.77. The maximum Gasteiger partial charge on any atom is 0.336 e.